The second-order valence-corrected chi connectivity index (χ2v) is 7.19. The molecule has 2 aromatic heterocycles. The van der Waals surface area contributed by atoms with Gasteiger partial charge in [0, 0.05) is 36.8 Å². The lowest BCUT2D eigenvalue weighted by molar-refractivity contribution is 0.604. The number of hydrogen-bond acceptors (Lipinski definition) is 4. The van der Waals surface area contributed by atoms with Crippen molar-refractivity contribution in [2.24, 2.45) is 0 Å². The van der Waals surface area contributed by atoms with E-state index < -0.39 is 0 Å². The van der Waals surface area contributed by atoms with Crippen LogP contribution >= 0.6 is 11.3 Å². The number of imidazole rings is 1. The van der Waals surface area contributed by atoms with Crippen molar-refractivity contribution in [3.05, 3.63) is 17.3 Å². The molecule has 5 heteroatoms. The molecule has 2 aromatic rings. The molecule has 4 nitrogen and oxygen atoms in total. The molecule has 114 valence electrons. The molecule has 0 amide bonds. The lowest BCUT2D eigenvalue weighted by Crippen LogP contribution is -2.34. The third kappa shape index (κ3) is 2.57. The van der Waals surface area contributed by atoms with Gasteiger partial charge in [0.2, 0.25) is 0 Å². The largest absolute Gasteiger partial charge is 0.352 e. The third-order valence-electron chi connectivity index (χ3n) is 4.85. The third-order valence-corrected chi connectivity index (χ3v) is 5.61. The lowest BCUT2D eigenvalue weighted by Gasteiger charge is -2.28. The predicted molar refractivity (Wildman–Crippen MR) is 88.2 cm³/mol. The van der Waals surface area contributed by atoms with E-state index in [-0.39, 0.29) is 0 Å². The van der Waals surface area contributed by atoms with Crippen LogP contribution in [0.25, 0.3) is 4.96 Å². The normalized spacial score (nSPS) is 19.7. The first kappa shape index (κ1) is 13.6. The van der Waals surface area contributed by atoms with Crippen molar-refractivity contribution in [3.8, 4) is 0 Å². The maximum Gasteiger partial charge on any atom is 0.195 e. The Morgan fingerprint density at radius 3 is 2.86 bits per heavy atom. The van der Waals surface area contributed by atoms with E-state index in [9.17, 15) is 0 Å². The fraction of sp³-hybridized carbons (Fsp3) is 0.688. The first-order valence-electron chi connectivity index (χ1n) is 8.31. The van der Waals surface area contributed by atoms with Gasteiger partial charge >= 0.3 is 0 Å². The molecular formula is C16H24N4S. The highest BCUT2D eigenvalue weighted by Gasteiger charge is 2.28. The minimum Gasteiger partial charge on any atom is -0.352 e. The van der Waals surface area contributed by atoms with Gasteiger partial charge in [-0.25, -0.2) is 4.98 Å². The SMILES string of the molecule is CCN(c1nc2sccn2c1CNC1CC1)C1CCCC1. The summed E-state index contributed by atoms with van der Waals surface area (Å²) in [7, 11) is 0. The van der Waals surface area contributed by atoms with Crippen LogP contribution in [0.5, 0.6) is 0 Å². The molecule has 0 aromatic carbocycles. The summed E-state index contributed by atoms with van der Waals surface area (Å²) in [5.41, 5.74) is 1.35. The molecular weight excluding hydrogens is 280 g/mol. The number of aromatic nitrogens is 2. The minimum atomic E-state index is 0.694. The summed E-state index contributed by atoms with van der Waals surface area (Å²) in [4.78, 5) is 8.64. The Hall–Kier alpha value is -1.07. The number of hydrogen-bond donors (Lipinski definition) is 1. The molecule has 1 N–H and O–H groups in total. The Balaban J connectivity index is 1.67. The van der Waals surface area contributed by atoms with Gasteiger partial charge in [-0.2, -0.15) is 0 Å². The van der Waals surface area contributed by atoms with Gasteiger partial charge in [-0.05, 0) is 32.6 Å². The van der Waals surface area contributed by atoms with Crippen LogP contribution < -0.4 is 10.2 Å². The minimum absolute atomic E-state index is 0.694. The summed E-state index contributed by atoms with van der Waals surface area (Å²) in [5.74, 6) is 1.23. The topological polar surface area (TPSA) is 32.6 Å². The smallest absolute Gasteiger partial charge is 0.195 e. The standard InChI is InChI=1S/C16H24N4S/c1-2-19(13-5-3-4-6-13)15-14(11-17-12-7-8-12)20-9-10-21-16(20)18-15/h9-10,12-13,17H,2-8,11H2,1H3. The molecule has 0 saturated heterocycles. The molecule has 21 heavy (non-hydrogen) atoms. The number of anilines is 1. The van der Waals surface area contributed by atoms with Gasteiger partial charge in [0.1, 0.15) is 0 Å². The van der Waals surface area contributed by atoms with Gasteiger partial charge in [0.15, 0.2) is 10.8 Å². The second kappa shape index (κ2) is 5.61. The van der Waals surface area contributed by atoms with E-state index >= 15 is 0 Å². The van der Waals surface area contributed by atoms with Crippen molar-refractivity contribution >= 4 is 22.1 Å². The first-order valence-corrected chi connectivity index (χ1v) is 9.19. The highest BCUT2D eigenvalue weighted by atomic mass is 32.1. The van der Waals surface area contributed by atoms with Crippen LogP contribution in [0.2, 0.25) is 0 Å². The molecule has 0 bridgehead atoms. The Morgan fingerprint density at radius 2 is 2.14 bits per heavy atom. The Kier molecular flexibility index (Phi) is 3.63. The van der Waals surface area contributed by atoms with E-state index in [4.69, 9.17) is 4.98 Å². The summed E-state index contributed by atoms with van der Waals surface area (Å²) in [6.45, 7) is 4.27. The highest BCUT2D eigenvalue weighted by Crippen LogP contribution is 2.32. The van der Waals surface area contributed by atoms with E-state index in [0.29, 0.717) is 6.04 Å². The van der Waals surface area contributed by atoms with Gasteiger partial charge in [-0.1, -0.05) is 12.8 Å². The molecule has 0 aliphatic heterocycles. The fourth-order valence-corrected chi connectivity index (χ4v) is 4.27. The molecule has 2 fully saturated rings. The molecule has 0 unspecified atom stereocenters. The number of nitrogens with zero attached hydrogens (tertiary/aromatic N) is 3. The van der Waals surface area contributed by atoms with E-state index in [1.165, 1.54) is 50.0 Å². The summed E-state index contributed by atoms with van der Waals surface area (Å²) in [6, 6.07) is 1.43. The quantitative estimate of drug-likeness (QED) is 0.887. The van der Waals surface area contributed by atoms with Crippen molar-refractivity contribution in [1.29, 1.82) is 0 Å². The van der Waals surface area contributed by atoms with Gasteiger partial charge < -0.3 is 10.2 Å². The molecule has 2 aliphatic carbocycles. The molecule has 2 aliphatic rings. The van der Waals surface area contributed by atoms with Crippen LogP contribution in [-0.2, 0) is 6.54 Å². The van der Waals surface area contributed by atoms with Gasteiger partial charge in [-0.3, -0.25) is 4.40 Å². The summed E-state index contributed by atoms with van der Waals surface area (Å²) < 4.78 is 2.28. The van der Waals surface area contributed by atoms with E-state index in [1.807, 2.05) is 0 Å². The maximum atomic E-state index is 4.95. The predicted octanol–water partition coefficient (Wildman–Crippen LogP) is 3.42. The van der Waals surface area contributed by atoms with E-state index in [1.54, 1.807) is 11.3 Å². The van der Waals surface area contributed by atoms with Gasteiger partial charge in [-0.15, -0.1) is 11.3 Å². The molecule has 0 radical (unpaired) electrons. The zero-order valence-electron chi connectivity index (χ0n) is 12.7. The van der Waals surface area contributed by atoms with Crippen molar-refractivity contribution < 1.29 is 0 Å². The zero-order chi connectivity index (χ0) is 14.2. The number of rotatable bonds is 6. The number of thiazole rings is 1. The van der Waals surface area contributed by atoms with Crippen LogP contribution in [0.4, 0.5) is 5.82 Å². The van der Waals surface area contributed by atoms with Crippen molar-refractivity contribution in [1.82, 2.24) is 14.7 Å². The van der Waals surface area contributed by atoms with E-state index in [2.05, 4.69) is 33.1 Å². The molecule has 0 spiro atoms. The van der Waals surface area contributed by atoms with Crippen LogP contribution in [0, 0.1) is 0 Å². The van der Waals surface area contributed by atoms with Crippen LogP contribution in [0.15, 0.2) is 11.6 Å². The molecule has 2 heterocycles. The Morgan fingerprint density at radius 1 is 1.33 bits per heavy atom. The summed E-state index contributed by atoms with van der Waals surface area (Å²) in [6.07, 6.45) is 10.2. The van der Waals surface area contributed by atoms with Crippen molar-refractivity contribution in [2.45, 2.75) is 64.1 Å². The molecule has 4 rings (SSSR count). The number of fused-ring (bicyclic) bond motifs is 1. The average Bonchev–Trinajstić information content (AvgIpc) is 2.92. The average molecular weight is 304 g/mol. The monoisotopic (exact) mass is 304 g/mol. The van der Waals surface area contributed by atoms with Crippen molar-refractivity contribution in [2.75, 3.05) is 11.4 Å². The molecule has 2 saturated carbocycles. The zero-order valence-corrected chi connectivity index (χ0v) is 13.5. The second-order valence-electron chi connectivity index (χ2n) is 6.32. The first-order chi connectivity index (χ1) is 10.4. The molecule has 0 atom stereocenters. The fourth-order valence-electron chi connectivity index (χ4n) is 3.54. The highest BCUT2D eigenvalue weighted by molar-refractivity contribution is 7.15. The van der Waals surface area contributed by atoms with Gasteiger partial charge in [0.05, 0.1) is 5.69 Å². The Bertz CT molecular complexity index is 607. The van der Waals surface area contributed by atoms with Crippen LogP contribution in [-0.4, -0.2) is 28.0 Å². The number of nitrogens with one attached hydrogen (secondary N) is 1. The van der Waals surface area contributed by atoms with Crippen molar-refractivity contribution in [3.63, 3.8) is 0 Å². The maximum absolute atomic E-state index is 4.95. The van der Waals surface area contributed by atoms with E-state index in [0.717, 1.165) is 24.1 Å². The van der Waals surface area contributed by atoms with Crippen LogP contribution in [0.1, 0.15) is 51.1 Å². The lowest BCUT2D eigenvalue weighted by atomic mass is 10.2. The Labute approximate surface area is 130 Å². The van der Waals surface area contributed by atoms with Gasteiger partial charge in [0.25, 0.3) is 0 Å². The summed E-state index contributed by atoms with van der Waals surface area (Å²) >= 11 is 1.74. The summed E-state index contributed by atoms with van der Waals surface area (Å²) in [5, 5.41) is 5.81. The van der Waals surface area contributed by atoms with Crippen LogP contribution in [0.3, 0.4) is 0 Å².